The summed E-state index contributed by atoms with van der Waals surface area (Å²) < 4.78 is 26.5. The molecule has 0 amide bonds. The Morgan fingerprint density at radius 1 is 1.40 bits per heavy atom. The fraction of sp³-hybridized carbons (Fsp3) is 0.714. The molecule has 20 heavy (non-hydrogen) atoms. The van der Waals surface area contributed by atoms with Crippen molar-refractivity contribution in [3.05, 3.63) is 22.4 Å². The third-order valence-electron chi connectivity index (χ3n) is 3.47. The number of thiophene rings is 1. The zero-order valence-electron chi connectivity index (χ0n) is 12.8. The topological polar surface area (TPSA) is 49.4 Å². The van der Waals surface area contributed by atoms with Crippen molar-refractivity contribution in [3.63, 3.8) is 0 Å². The van der Waals surface area contributed by atoms with Gasteiger partial charge in [-0.25, -0.2) is 12.7 Å². The van der Waals surface area contributed by atoms with Crippen LogP contribution in [0.3, 0.4) is 0 Å². The first-order valence-electron chi connectivity index (χ1n) is 7.09. The third-order valence-corrected chi connectivity index (χ3v) is 6.71. The summed E-state index contributed by atoms with van der Waals surface area (Å²) in [5, 5.41) is 4.80. The normalized spacial score (nSPS) is 15.4. The molecule has 0 aliphatic carbocycles. The zero-order chi connectivity index (χ0) is 15.2. The van der Waals surface area contributed by atoms with E-state index in [0.717, 1.165) is 19.4 Å². The molecule has 0 bridgehead atoms. The maximum Gasteiger partial charge on any atom is 0.217 e. The van der Waals surface area contributed by atoms with Gasteiger partial charge in [0.25, 0.3) is 0 Å². The SMILES string of the molecule is CCCNCC(C)S(=O)(=O)N(C)C(C)Cc1cccs1. The van der Waals surface area contributed by atoms with E-state index in [1.807, 2.05) is 24.4 Å². The van der Waals surface area contributed by atoms with Crippen LogP contribution in [-0.4, -0.2) is 44.2 Å². The van der Waals surface area contributed by atoms with Crippen molar-refractivity contribution in [2.45, 2.75) is 44.9 Å². The van der Waals surface area contributed by atoms with Crippen molar-refractivity contribution < 1.29 is 8.42 Å². The standard InChI is InChI=1S/C14H26N2O2S2/c1-5-8-15-11-13(3)20(17,18)16(4)12(2)10-14-7-6-9-19-14/h6-7,9,12-13,15H,5,8,10-11H2,1-4H3. The van der Waals surface area contributed by atoms with E-state index in [1.54, 1.807) is 25.3 Å². The Kier molecular flexibility index (Phi) is 7.15. The Balaban J connectivity index is 2.60. The lowest BCUT2D eigenvalue weighted by molar-refractivity contribution is 0.381. The molecule has 116 valence electrons. The molecule has 0 radical (unpaired) electrons. The van der Waals surface area contributed by atoms with E-state index in [4.69, 9.17) is 0 Å². The lowest BCUT2D eigenvalue weighted by atomic mass is 10.2. The Morgan fingerprint density at radius 3 is 2.65 bits per heavy atom. The van der Waals surface area contributed by atoms with Gasteiger partial charge in [0.15, 0.2) is 0 Å². The zero-order valence-corrected chi connectivity index (χ0v) is 14.4. The van der Waals surface area contributed by atoms with E-state index in [-0.39, 0.29) is 6.04 Å². The molecular formula is C14H26N2O2S2. The summed E-state index contributed by atoms with van der Waals surface area (Å²) in [4.78, 5) is 1.22. The number of likely N-dealkylation sites (N-methyl/N-ethyl adjacent to an activating group) is 1. The van der Waals surface area contributed by atoms with E-state index < -0.39 is 15.3 Å². The number of sulfonamides is 1. The summed E-state index contributed by atoms with van der Waals surface area (Å²) in [6.45, 7) is 7.16. The number of hydrogen-bond acceptors (Lipinski definition) is 4. The molecule has 0 fully saturated rings. The van der Waals surface area contributed by atoms with E-state index in [0.29, 0.717) is 6.54 Å². The largest absolute Gasteiger partial charge is 0.315 e. The van der Waals surface area contributed by atoms with E-state index >= 15 is 0 Å². The molecule has 1 rings (SSSR count). The van der Waals surface area contributed by atoms with Crippen LogP contribution in [0.4, 0.5) is 0 Å². The Labute approximate surface area is 127 Å². The molecular weight excluding hydrogens is 292 g/mol. The molecule has 2 unspecified atom stereocenters. The predicted octanol–water partition coefficient (Wildman–Crippen LogP) is 2.33. The average Bonchev–Trinajstić information content (AvgIpc) is 2.90. The van der Waals surface area contributed by atoms with E-state index in [9.17, 15) is 8.42 Å². The molecule has 0 aliphatic rings. The monoisotopic (exact) mass is 318 g/mol. The number of rotatable bonds is 9. The molecule has 1 aromatic heterocycles. The summed E-state index contributed by atoms with van der Waals surface area (Å²) in [5.41, 5.74) is 0. The van der Waals surface area contributed by atoms with Crippen molar-refractivity contribution >= 4 is 21.4 Å². The first kappa shape index (κ1) is 17.6. The van der Waals surface area contributed by atoms with Gasteiger partial charge in [-0.1, -0.05) is 13.0 Å². The molecule has 1 aromatic rings. The molecule has 0 saturated heterocycles. The first-order chi connectivity index (χ1) is 9.39. The minimum absolute atomic E-state index is 0.0210. The van der Waals surface area contributed by atoms with E-state index in [2.05, 4.69) is 12.2 Å². The Hall–Kier alpha value is -0.430. The van der Waals surface area contributed by atoms with Crippen LogP contribution in [0.1, 0.15) is 32.1 Å². The summed E-state index contributed by atoms with van der Waals surface area (Å²) >= 11 is 1.67. The highest BCUT2D eigenvalue weighted by atomic mass is 32.2. The number of hydrogen-bond donors (Lipinski definition) is 1. The minimum atomic E-state index is -3.25. The van der Waals surface area contributed by atoms with Gasteiger partial charge < -0.3 is 5.32 Å². The molecule has 0 saturated carbocycles. The van der Waals surface area contributed by atoms with Gasteiger partial charge in [-0.2, -0.15) is 0 Å². The highest BCUT2D eigenvalue weighted by molar-refractivity contribution is 7.89. The summed E-state index contributed by atoms with van der Waals surface area (Å²) in [6, 6.07) is 4.03. The lowest BCUT2D eigenvalue weighted by Gasteiger charge is -2.27. The van der Waals surface area contributed by atoms with Crippen LogP contribution in [-0.2, 0) is 16.4 Å². The van der Waals surface area contributed by atoms with Gasteiger partial charge in [0.2, 0.25) is 10.0 Å². The Morgan fingerprint density at radius 2 is 2.10 bits per heavy atom. The van der Waals surface area contributed by atoms with Crippen LogP contribution in [0.2, 0.25) is 0 Å². The van der Waals surface area contributed by atoms with Crippen LogP contribution in [0, 0.1) is 0 Å². The maximum absolute atomic E-state index is 12.5. The van der Waals surface area contributed by atoms with Gasteiger partial charge in [-0.3, -0.25) is 0 Å². The number of nitrogens with zero attached hydrogens (tertiary/aromatic N) is 1. The number of nitrogens with one attached hydrogen (secondary N) is 1. The van der Waals surface area contributed by atoms with Gasteiger partial charge in [0.05, 0.1) is 5.25 Å². The van der Waals surface area contributed by atoms with Crippen molar-refractivity contribution in [3.8, 4) is 0 Å². The van der Waals surface area contributed by atoms with Crippen molar-refractivity contribution in [1.29, 1.82) is 0 Å². The fourth-order valence-electron chi connectivity index (χ4n) is 1.97. The molecule has 4 nitrogen and oxygen atoms in total. The highest BCUT2D eigenvalue weighted by Gasteiger charge is 2.29. The van der Waals surface area contributed by atoms with Crippen LogP contribution in [0.15, 0.2) is 17.5 Å². The van der Waals surface area contributed by atoms with Crippen LogP contribution >= 0.6 is 11.3 Å². The molecule has 1 heterocycles. The van der Waals surface area contributed by atoms with Crippen LogP contribution < -0.4 is 5.32 Å². The quantitative estimate of drug-likeness (QED) is 0.711. The molecule has 0 aliphatic heterocycles. The fourth-order valence-corrected chi connectivity index (χ4v) is 4.27. The summed E-state index contributed by atoms with van der Waals surface area (Å²) in [6.07, 6.45) is 1.78. The highest BCUT2D eigenvalue weighted by Crippen LogP contribution is 2.17. The minimum Gasteiger partial charge on any atom is -0.315 e. The lowest BCUT2D eigenvalue weighted by Crippen LogP contribution is -2.44. The van der Waals surface area contributed by atoms with Gasteiger partial charge in [-0.15, -0.1) is 11.3 Å². The maximum atomic E-state index is 12.5. The van der Waals surface area contributed by atoms with Crippen molar-refractivity contribution in [2.24, 2.45) is 0 Å². The molecule has 0 spiro atoms. The smallest absolute Gasteiger partial charge is 0.217 e. The predicted molar refractivity (Wildman–Crippen MR) is 86.8 cm³/mol. The van der Waals surface area contributed by atoms with Gasteiger partial charge >= 0.3 is 0 Å². The first-order valence-corrected chi connectivity index (χ1v) is 9.47. The molecule has 6 heteroatoms. The van der Waals surface area contributed by atoms with Gasteiger partial charge in [-0.05, 0) is 44.7 Å². The van der Waals surface area contributed by atoms with E-state index in [1.165, 1.54) is 9.18 Å². The van der Waals surface area contributed by atoms with Gasteiger partial charge in [0.1, 0.15) is 0 Å². The molecule has 0 aromatic carbocycles. The Bertz CT molecular complexity index is 471. The van der Waals surface area contributed by atoms with Crippen LogP contribution in [0.25, 0.3) is 0 Å². The summed E-state index contributed by atoms with van der Waals surface area (Å²) in [7, 11) is -1.56. The average molecular weight is 319 g/mol. The second kappa shape index (κ2) is 8.12. The second-order valence-electron chi connectivity index (χ2n) is 5.21. The summed E-state index contributed by atoms with van der Waals surface area (Å²) in [5.74, 6) is 0. The molecule has 1 N–H and O–H groups in total. The second-order valence-corrected chi connectivity index (χ2v) is 8.65. The molecule has 2 atom stereocenters. The van der Waals surface area contributed by atoms with Gasteiger partial charge in [0, 0.05) is 24.5 Å². The third kappa shape index (κ3) is 4.84. The van der Waals surface area contributed by atoms with Crippen molar-refractivity contribution in [2.75, 3.05) is 20.1 Å². The van der Waals surface area contributed by atoms with Crippen LogP contribution in [0.5, 0.6) is 0 Å². The van der Waals surface area contributed by atoms with Crippen molar-refractivity contribution in [1.82, 2.24) is 9.62 Å².